The van der Waals surface area contributed by atoms with Crippen molar-refractivity contribution in [1.82, 2.24) is 14.5 Å². The average molecular weight is 250 g/mol. The Morgan fingerprint density at radius 1 is 1.65 bits per heavy atom. The quantitative estimate of drug-likeness (QED) is 0.654. The van der Waals surface area contributed by atoms with E-state index in [-0.39, 0.29) is 12.3 Å². The summed E-state index contributed by atoms with van der Waals surface area (Å²) in [4.78, 5) is 19.4. The number of rotatable bonds is 4. The van der Waals surface area contributed by atoms with Crippen LogP contribution in [0.25, 0.3) is 5.13 Å². The van der Waals surface area contributed by atoms with E-state index in [2.05, 4.69) is 9.97 Å². The molecule has 0 spiro atoms. The zero-order valence-electron chi connectivity index (χ0n) is 9.08. The van der Waals surface area contributed by atoms with Crippen LogP contribution >= 0.6 is 11.3 Å². The highest BCUT2D eigenvalue weighted by Crippen LogP contribution is 2.15. The molecule has 0 unspecified atom stereocenters. The second kappa shape index (κ2) is 4.88. The molecule has 0 fully saturated rings. The molecule has 0 atom stereocenters. The maximum Gasteiger partial charge on any atom is 0.358 e. The van der Waals surface area contributed by atoms with Crippen molar-refractivity contribution in [2.24, 2.45) is 0 Å². The smallest absolute Gasteiger partial charge is 0.358 e. The lowest BCUT2D eigenvalue weighted by atomic mass is 10.3. The second-order valence-corrected chi connectivity index (χ2v) is 3.92. The molecule has 2 heterocycles. The fraction of sp³-hybridized carbons (Fsp3) is 0.200. The molecule has 0 saturated heterocycles. The van der Waals surface area contributed by atoms with Gasteiger partial charge in [-0.2, -0.15) is 0 Å². The number of hydrogen-bond donors (Lipinski definition) is 1. The Morgan fingerprint density at radius 3 is 3.12 bits per heavy atom. The number of carbonyl (C=O) groups is 1. The van der Waals surface area contributed by atoms with Gasteiger partial charge in [-0.1, -0.05) is 0 Å². The summed E-state index contributed by atoms with van der Waals surface area (Å²) >= 11 is 1.33. The van der Waals surface area contributed by atoms with Gasteiger partial charge in [0.2, 0.25) is 0 Å². The van der Waals surface area contributed by atoms with E-state index in [1.807, 2.05) is 0 Å². The van der Waals surface area contributed by atoms with E-state index in [9.17, 15) is 4.79 Å². The molecule has 0 aliphatic heterocycles. The van der Waals surface area contributed by atoms with E-state index in [1.165, 1.54) is 11.3 Å². The van der Waals surface area contributed by atoms with Gasteiger partial charge >= 0.3 is 5.97 Å². The molecule has 2 rings (SSSR count). The van der Waals surface area contributed by atoms with Crippen LogP contribution in [0, 0.1) is 5.41 Å². The van der Waals surface area contributed by atoms with Crippen molar-refractivity contribution in [2.45, 2.75) is 6.92 Å². The Morgan fingerprint density at radius 2 is 2.47 bits per heavy atom. The Kier molecular flexibility index (Phi) is 3.29. The molecule has 2 aromatic rings. The number of hydrogen-bond acceptors (Lipinski definition) is 6. The molecule has 17 heavy (non-hydrogen) atoms. The van der Waals surface area contributed by atoms with Crippen molar-refractivity contribution >= 4 is 23.0 Å². The fourth-order valence-corrected chi connectivity index (χ4v) is 1.95. The first-order chi connectivity index (χ1) is 8.22. The Labute approximate surface area is 101 Å². The number of imidazole rings is 1. The van der Waals surface area contributed by atoms with Crippen molar-refractivity contribution in [2.75, 3.05) is 6.61 Å². The van der Waals surface area contributed by atoms with Gasteiger partial charge in [-0.05, 0) is 6.92 Å². The van der Waals surface area contributed by atoms with Gasteiger partial charge in [0.15, 0.2) is 10.8 Å². The van der Waals surface area contributed by atoms with E-state index < -0.39 is 5.97 Å². The summed E-state index contributed by atoms with van der Waals surface area (Å²) in [5, 5.41) is 9.93. The van der Waals surface area contributed by atoms with Crippen LogP contribution in [-0.2, 0) is 9.53 Å². The number of carbonyl (C=O) groups excluding carboxylic acids is 1. The summed E-state index contributed by atoms with van der Waals surface area (Å²) in [6.07, 6.45) is 4.99. The summed E-state index contributed by atoms with van der Waals surface area (Å²) in [6.45, 7) is 1.95. The van der Waals surface area contributed by atoms with Gasteiger partial charge < -0.3 is 4.74 Å². The summed E-state index contributed by atoms with van der Waals surface area (Å²) < 4.78 is 6.45. The number of esters is 1. The van der Waals surface area contributed by atoms with Crippen LogP contribution in [0.15, 0.2) is 24.1 Å². The topological polar surface area (TPSA) is 80.9 Å². The highest BCUT2D eigenvalue weighted by Gasteiger charge is 2.16. The van der Waals surface area contributed by atoms with Gasteiger partial charge in [0, 0.05) is 17.8 Å². The highest BCUT2D eigenvalue weighted by atomic mass is 32.1. The van der Waals surface area contributed by atoms with Gasteiger partial charge in [0.25, 0.3) is 0 Å². The normalized spacial score (nSPS) is 10.2. The largest absolute Gasteiger partial charge is 0.461 e. The van der Waals surface area contributed by atoms with Crippen LogP contribution in [0.2, 0.25) is 0 Å². The predicted octanol–water partition coefficient (Wildman–Crippen LogP) is 1.26. The van der Waals surface area contributed by atoms with Crippen molar-refractivity contribution < 1.29 is 9.53 Å². The minimum atomic E-state index is -0.657. The van der Waals surface area contributed by atoms with Crippen LogP contribution in [0.5, 0.6) is 0 Å². The standard InChI is InChI=1S/C10H10N4O2S/c1-2-16-9(15)8(11)7-5-17-10(13-7)14-4-3-12-6-14/h3-6,11H,2H2,1H3. The van der Waals surface area contributed by atoms with Crippen LogP contribution in [0.1, 0.15) is 12.6 Å². The molecule has 88 valence electrons. The van der Waals surface area contributed by atoms with E-state index >= 15 is 0 Å². The number of ether oxygens (including phenoxy) is 1. The molecule has 6 nitrogen and oxygen atoms in total. The molecule has 0 aliphatic carbocycles. The van der Waals surface area contributed by atoms with Crippen molar-refractivity contribution in [1.29, 1.82) is 5.41 Å². The first-order valence-corrected chi connectivity index (χ1v) is 5.80. The molecule has 0 amide bonds. The third-order valence-electron chi connectivity index (χ3n) is 1.95. The highest BCUT2D eigenvalue weighted by molar-refractivity contribution is 7.12. The molecule has 7 heteroatoms. The monoisotopic (exact) mass is 250 g/mol. The number of nitrogens with one attached hydrogen (secondary N) is 1. The van der Waals surface area contributed by atoms with Crippen LogP contribution in [0.4, 0.5) is 0 Å². The molecule has 0 bridgehead atoms. The van der Waals surface area contributed by atoms with Gasteiger partial charge in [0.05, 0.1) is 6.61 Å². The zero-order chi connectivity index (χ0) is 12.3. The summed E-state index contributed by atoms with van der Waals surface area (Å²) in [7, 11) is 0. The molecule has 0 aliphatic rings. The third kappa shape index (κ3) is 2.39. The minimum absolute atomic E-state index is 0.227. The van der Waals surface area contributed by atoms with Crippen molar-refractivity contribution in [3.8, 4) is 5.13 Å². The summed E-state index contributed by atoms with van der Waals surface area (Å²) in [5.74, 6) is -0.657. The Balaban J connectivity index is 2.19. The van der Waals surface area contributed by atoms with Crippen LogP contribution in [0.3, 0.4) is 0 Å². The maximum absolute atomic E-state index is 11.3. The van der Waals surface area contributed by atoms with Crippen molar-refractivity contribution in [3.63, 3.8) is 0 Å². The fourth-order valence-electron chi connectivity index (χ4n) is 1.18. The molecule has 2 aromatic heterocycles. The lowest BCUT2D eigenvalue weighted by molar-refractivity contribution is -0.135. The minimum Gasteiger partial charge on any atom is -0.461 e. The summed E-state index contributed by atoms with van der Waals surface area (Å²) in [5.41, 5.74) is 0.0895. The molecule has 1 N–H and O–H groups in total. The van der Waals surface area contributed by atoms with Gasteiger partial charge in [-0.25, -0.2) is 14.8 Å². The van der Waals surface area contributed by atoms with Gasteiger partial charge in [-0.3, -0.25) is 9.98 Å². The van der Waals surface area contributed by atoms with E-state index in [4.69, 9.17) is 10.1 Å². The first kappa shape index (κ1) is 11.5. The SMILES string of the molecule is CCOC(=O)C(=N)c1csc(-n2ccnc2)n1. The van der Waals surface area contributed by atoms with Gasteiger partial charge in [0.1, 0.15) is 12.0 Å². The summed E-state index contributed by atoms with van der Waals surface area (Å²) in [6, 6.07) is 0. The Bertz CT molecular complexity index is 532. The van der Waals surface area contributed by atoms with E-state index in [0.717, 1.165) is 0 Å². The lowest BCUT2D eigenvalue weighted by Gasteiger charge is -1.99. The number of thiazole rings is 1. The molecule has 0 saturated carbocycles. The van der Waals surface area contributed by atoms with Crippen LogP contribution in [-0.4, -0.2) is 32.8 Å². The molecular formula is C10H10N4O2S. The number of nitrogens with zero attached hydrogens (tertiary/aromatic N) is 3. The Hall–Kier alpha value is -2.02. The maximum atomic E-state index is 11.3. The molecule has 0 aromatic carbocycles. The molecule has 0 radical (unpaired) electrons. The second-order valence-electron chi connectivity index (χ2n) is 3.08. The zero-order valence-corrected chi connectivity index (χ0v) is 9.90. The van der Waals surface area contributed by atoms with Gasteiger partial charge in [-0.15, -0.1) is 11.3 Å². The lowest BCUT2D eigenvalue weighted by Crippen LogP contribution is -2.17. The van der Waals surface area contributed by atoms with E-state index in [0.29, 0.717) is 10.8 Å². The molecular weight excluding hydrogens is 240 g/mol. The number of aromatic nitrogens is 3. The third-order valence-corrected chi connectivity index (χ3v) is 2.81. The van der Waals surface area contributed by atoms with Crippen molar-refractivity contribution in [3.05, 3.63) is 29.8 Å². The van der Waals surface area contributed by atoms with E-state index in [1.54, 1.807) is 35.6 Å². The van der Waals surface area contributed by atoms with Crippen LogP contribution < -0.4 is 0 Å². The first-order valence-electron chi connectivity index (χ1n) is 4.92. The predicted molar refractivity (Wildman–Crippen MR) is 62.7 cm³/mol. The average Bonchev–Trinajstić information content (AvgIpc) is 2.98.